The molecule has 0 saturated heterocycles. The molecule has 23 heavy (non-hydrogen) atoms. The number of hydrogen-bond donors (Lipinski definition) is 0. The fourth-order valence-corrected chi connectivity index (χ4v) is 3.88. The van der Waals surface area contributed by atoms with Crippen LogP contribution in [0.1, 0.15) is 0 Å². The Morgan fingerprint density at radius 2 is 1.52 bits per heavy atom. The lowest BCUT2D eigenvalue weighted by Gasteiger charge is -2.09. The minimum absolute atomic E-state index is 0.106. The van der Waals surface area contributed by atoms with Gasteiger partial charge in [-0.2, -0.15) is 0 Å². The van der Waals surface area contributed by atoms with Crippen molar-refractivity contribution in [3.8, 4) is 0 Å². The summed E-state index contributed by atoms with van der Waals surface area (Å²) in [7, 11) is 0. The van der Waals surface area contributed by atoms with Crippen LogP contribution in [0.3, 0.4) is 0 Å². The molecule has 5 aromatic rings. The van der Waals surface area contributed by atoms with Crippen LogP contribution in [0.2, 0.25) is 10.0 Å². The molecule has 0 bridgehead atoms. The number of para-hydroxylation sites is 2. The van der Waals surface area contributed by atoms with Gasteiger partial charge in [0.15, 0.2) is 0 Å². The molecule has 0 aliphatic carbocycles. The standard InChI is InChI=1S/C18H8Cl2N2O/c19-11-7-5-9-15-10(6-8-12(20)16(11)15)18(23)22-14-4-2-1-3-13(14)21-17(9)22/h1-8H. The minimum Gasteiger partial charge on any atom is -0.268 e. The molecule has 5 rings (SSSR count). The Morgan fingerprint density at radius 1 is 0.826 bits per heavy atom. The molecule has 0 saturated carbocycles. The molecule has 0 radical (unpaired) electrons. The van der Waals surface area contributed by atoms with Crippen LogP contribution >= 0.6 is 23.2 Å². The molecule has 5 heteroatoms. The van der Waals surface area contributed by atoms with Gasteiger partial charge in [0.1, 0.15) is 5.65 Å². The van der Waals surface area contributed by atoms with E-state index in [0.717, 1.165) is 21.8 Å². The van der Waals surface area contributed by atoms with Gasteiger partial charge in [0.25, 0.3) is 5.56 Å². The second-order valence-electron chi connectivity index (χ2n) is 5.50. The molecule has 3 nitrogen and oxygen atoms in total. The van der Waals surface area contributed by atoms with Gasteiger partial charge in [0.05, 0.1) is 11.0 Å². The van der Waals surface area contributed by atoms with Gasteiger partial charge in [-0.3, -0.25) is 9.20 Å². The summed E-state index contributed by atoms with van der Waals surface area (Å²) in [5.74, 6) is 0. The van der Waals surface area contributed by atoms with Crippen LogP contribution in [0.25, 0.3) is 38.2 Å². The van der Waals surface area contributed by atoms with E-state index >= 15 is 0 Å². The van der Waals surface area contributed by atoms with Crippen LogP contribution < -0.4 is 5.56 Å². The Bertz CT molecular complexity index is 1300. The second kappa shape index (κ2) is 4.34. The molecule has 110 valence electrons. The number of imidazole rings is 1. The molecular weight excluding hydrogens is 331 g/mol. The van der Waals surface area contributed by atoms with E-state index in [4.69, 9.17) is 23.2 Å². The largest absolute Gasteiger partial charge is 0.268 e. The molecule has 0 atom stereocenters. The van der Waals surface area contributed by atoms with E-state index in [0.29, 0.717) is 26.5 Å². The highest BCUT2D eigenvalue weighted by atomic mass is 35.5. The van der Waals surface area contributed by atoms with E-state index in [-0.39, 0.29) is 5.56 Å². The zero-order valence-electron chi connectivity index (χ0n) is 11.7. The molecule has 0 amide bonds. The van der Waals surface area contributed by atoms with Gasteiger partial charge in [-0.05, 0) is 36.4 Å². The van der Waals surface area contributed by atoms with Gasteiger partial charge >= 0.3 is 0 Å². The minimum atomic E-state index is -0.106. The van der Waals surface area contributed by atoms with Crippen molar-refractivity contribution in [2.24, 2.45) is 0 Å². The van der Waals surface area contributed by atoms with Crippen molar-refractivity contribution in [3.05, 3.63) is 68.9 Å². The maximum atomic E-state index is 13.0. The van der Waals surface area contributed by atoms with E-state index in [1.807, 2.05) is 30.3 Å². The van der Waals surface area contributed by atoms with E-state index in [2.05, 4.69) is 4.98 Å². The molecule has 0 aliphatic heterocycles. The van der Waals surface area contributed by atoms with Crippen LogP contribution in [0, 0.1) is 0 Å². The quantitative estimate of drug-likeness (QED) is 0.402. The van der Waals surface area contributed by atoms with Crippen molar-refractivity contribution in [3.63, 3.8) is 0 Å². The maximum Gasteiger partial charge on any atom is 0.264 e. The lowest BCUT2D eigenvalue weighted by Crippen LogP contribution is -2.13. The first-order valence-electron chi connectivity index (χ1n) is 7.10. The molecule has 0 fully saturated rings. The van der Waals surface area contributed by atoms with E-state index in [1.54, 1.807) is 22.6 Å². The summed E-state index contributed by atoms with van der Waals surface area (Å²) >= 11 is 12.6. The van der Waals surface area contributed by atoms with Gasteiger partial charge in [-0.15, -0.1) is 0 Å². The zero-order chi connectivity index (χ0) is 15.7. The predicted octanol–water partition coefficient (Wildman–Crippen LogP) is 4.90. The van der Waals surface area contributed by atoms with Crippen molar-refractivity contribution in [1.82, 2.24) is 9.38 Å². The summed E-state index contributed by atoms with van der Waals surface area (Å²) in [6.45, 7) is 0. The van der Waals surface area contributed by atoms with Crippen LogP contribution in [-0.4, -0.2) is 9.38 Å². The van der Waals surface area contributed by atoms with Crippen LogP contribution in [-0.2, 0) is 0 Å². The summed E-state index contributed by atoms with van der Waals surface area (Å²) < 4.78 is 1.66. The number of hydrogen-bond acceptors (Lipinski definition) is 2. The molecule has 2 aromatic heterocycles. The van der Waals surface area contributed by atoms with Gasteiger partial charge in [0, 0.05) is 31.6 Å². The summed E-state index contributed by atoms with van der Waals surface area (Å²) in [6, 6.07) is 14.8. The van der Waals surface area contributed by atoms with Crippen LogP contribution in [0.4, 0.5) is 0 Å². The number of aromatic nitrogens is 2. The average molecular weight is 339 g/mol. The summed E-state index contributed by atoms with van der Waals surface area (Å²) in [4.78, 5) is 17.7. The number of rotatable bonds is 0. The fraction of sp³-hybridized carbons (Fsp3) is 0. The molecule has 3 aromatic carbocycles. The highest BCUT2D eigenvalue weighted by Crippen LogP contribution is 2.37. The molecular formula is C18H8Cl2N2O. The van der Waals surface area contributed by atoms with E-state index < -0.39 is 0 Å². The summed E-state index contributed by atoms with van der Waals surface area (Å²) in [5.41, 5.74) is 2.12. The Kier molecular flexibility index (Phi) is 2.48. The SMILES string of the molecule is O=c1c2ccc(Cl)c3c(Cl)ccc(c32)c2nc3ccccc3n12. The van der Waals surface area contributed by atoms with E-state index in [9.17, 15) is 4.79 Å². The lowest BCUT2D eigenvalue weighted by atomic mass is 10.0. The first kappa shape index (κ1) is 13.1. The van der Waals surface area contributed by atoms with Crippen molar-refractivity contribution < 1.29 is 0 Å². The van der Waals surface area contributed by atoms with Gasteiger partial charge in [0.2, 0.25) is 0 Å². The zero-order valence-corrected chi connectivity index (χ0v) is 13.2. The smallest absolute Gasteiger partial charge is 0.264 e. The van der Waals surface area contributed by atoms with Gasteiger partial charge in [-0.25, -0.2) is 4.98 Å². The van der Waals surface area contributed by atoms with E-state index in [1.165, 1.54) is 0 Å². The maximum absolute atomic E-state index is 13.0. The molecule has 2 heterocycles. The Morgan fingerprint density at radius 3 is 2.30 bits per heavy atom. The number of benzene rings is 3. The first-order valence-corrected chi connectivity index (χ1v) is 7.85. The van der Waals surface area contributed by atoms with Crippen LogP contribution in [0.5, 0.6) is 0 Å². The van der Waals surface area contributed by atoms with Crippen molar-refractivity contribution >= 4 is 61.4 Å². The summed E-state index contributed by atoms with van der Waals surface area (Å²) in [5, 5.41) is 4.02. The van der Waals surface area contributed by atoms with Crippen molar-refractivity contribution in [2.45, 2.75) is 0 Å². The Labute approximate surface area is 140 Å². The second-order valence-corrected chi connectivity index (χ2v) is 6.32. The van der Waals surface area contributed by atoms with Crippen molar-refractivity contribution in [2.75, 3.05) is 0 Å². The highest BCUT2D eigenvalue weighted by Gasteiger charge is 2.18. The number of fused-ring (bicyclic) bond motifs is 4. The Hall–Kier alpha value is -2.36. The third-order valence-corrected chi connectivity index (χ3v) is 4.92. The number of halogens is 2. The van der Waals surface area contributed by atoms with Gasteiger partial charge in [-0.1, -0.05) is 35.3 Å². The number of pyridine rings is 1. The average Bonchev–Trinajstić information content (AvgIpc) is 2.94. The van der Waals surface area contributed by atoms with Crippen LogP contribution in [0.15, 0.2) is 53.3 Å². The molecule has 0 unspecified atom stereocenters. The first-order chi connectivity index (χ1) is 11.2. The highest BCUT2D eigenvalue weighted by molar-refractivity contribution is 6.44. The predicted molar refractivity (Wildman–Crippen MR) is 95.2 cm³/mol. The number of nitrogens with zero attached hydrogens (tertiary/aromatic N) is 2. The molecule has 0 aliphatic rings. The fourth-order valence-electron chi connectivity index (χ4n) is 3.31. The Balaban J connectivity index is 2.24. The normalized spacial score (nSPS) is 12.1. The summed E-state index contributed by atoms with van der Waals surface area (Å²) in [6.07, 6.45) is 0. The lowest BCUT2D eigenvalue weighted by molar-refractivity contribution is 1.19. The molecule has 0 N–H and O–H groups in total. The molecule has 0 spiro atoms. The topological polar surface area (TPSA) is 34.4 Å². The van der Waals surface area contributed by atoms with Crippen molar-refractivity contribution in [1.29, 1.82) is 0 Å². The third-order valence-electron chi connectivity index (χ3n) is 4.29. The monoisotopic (exact) mass is 338 g/mol. The third kappa shape index (κ3) is 1.56. The van der Waals surface area contributed by atoms with Gasteiger partial charge < -0.3 is 0 Å².